The van der Waals surface area contributed by atoms with Gasteiger partial charge in [-0.2, -0.15) is 0 Å². The Morgan fingerprint density at radius 2 is 1.75 bits per heavy atom. The molecule has 0 spiro atoms. The Kier molecular flexibility index (Phi) is 7.88. The van der Waals surface area contributed by atoms with Crippen LogP contribution in [0.3, 0.4) is 0 Å². The van der Waals surface area contributed by atoms with Crippen molar-refractivity contribution in [3.8, 4) is 11.5 Å². The zero-order chi connectivity index (χ0) is 14.5. The molecule has 116 valence electrons. The summed E-state index contributed by atoms with van der Waals surface area (Å²) >= 11 is 0. The van der Waals surface area contributed by atoms with Crippen LogP contribution >= 0.6 is 12.4 Å². The fraction of sp³-hybridized carbons (Fsp3) is 0.500. The van der Waals surface area contributed by atoms with Gasteiger partial charge in [-0.1, -0.05) is 6.07 Å². The SMILES string of the molecule is COc1cccc(OC)c1S(=O)(=O)NCCC(C)N.Cl. The lowest BCUT2D eigenvalue weighted by molar-refractivity contribution is 0.373. The minimum absolute atomic E-state index is 0. The number of halogens is 1. The molecule has 0 bridgehead atoms. The standard InChI is InChI=1S/C12H20N2O4S.ClH/c1-9(13)7-8-14-19(15,16)12-10(17-2)5-4-6-11(12)18-3;/h4-6,9,14H,7-8,13H2,1-3H3;1H. The van der Waals surface area contributed by atoms with Crippen molar-refractivity contribution >= 4 is 22.4 Å². The highest BCUT2D eigenvalue weighted by Crippen LogP contribution is 2.32. The van der Waals surface area contributed by atoms with Gasteiger partial charge in [-0.15, -0.1) is 12.4 Å². The average molecular weight is 325 g/mol. The monoisotopic (exact) mass is 324 g/mol. The van der Waals surface area contributed by atoms with E-state index in [4.69, 9.17) is 15.2 Å². The van der Waals surface area contributed by atoms with E-state index in [1.54, 1.807) is 18.2 Å². The number of benzene rings is 1. The smallest absolute Gasteiger partial charge is 0.247 e. The van der Waals surface area contributed by atoms with Crippen LogP contribution in [0.25, 0.3) is 0 Å². The third kappa shape index (κ3) is 4.82. The van der Waals surface area contributed by atoms with Crippen molar-refractivity contribution in [1.29, 1.82) is 0 Å². The molecule has 6 nitrogen and oxygen atoms in total. The summed E-state index contributed by atoms with van der Waals surface area (Å²) in [6, 6.07) is 4.74. The molecule has 0 saturated carbocycles. The maximum absolute atomic E-state index is 12.3. The number of sulfonamides is 1. The topological polar surface area (TPSA) is 90.6 Å². The van der Waals surface area contributed by atoms with Gasteiger partial charge in [0.1, 0.15) is 11.5 Å². The molecule has 0 radical (unpaired) electrons. The fourth-order valence-corrected chi connectivity index (χ4v) is 2.94. The van der Waals surface area contributed by atoms with Crippen LogP contribution in [-0.2, 0) is 10.0 Å². The van der Waals surface area contributed by atoms with Crippen molar-refractivity contribution in [2.24, 2.45) is 5.73 Å². The Morgan fingerprint density at radius 3 is 2.15 bits per heavy atom. The second-order valence-electron chi connectivity index (χ2n) is 4.16. The molecule has 0 heterocycles. The Hall–Kier alpha value is -1.02. The molecule has 0 saturated heterocycles. The van der Waals surface area contributed by atoms with Crippen LogP contribution in [0.2, 0.25) is 0 Å². The first kappa shape index (κ1) is 19.0. The van der Waals surface area contributed by atoms with Gasteiger partial charge < -0.3 is 15.2 Å². The van der Waals surface area contributed by atoms with Gasteiger partial charge in [0.2, 0.25) is 10.0 Å². The molecule has 1 atom stereocenters. The molecule has 1 rings (SSSR count). The minimum atomic E-state index is -3.70. The number of rotatable bonds is 7. The van der Waals surface area contributed by atoms with E-state index in [-0.39, 0.29) is 41.4 Å². The van der Waals surface area contributed by atoms with Crippen molar-refractivity contribution in [3.05, 3.63) is 18.2 Å². The molecule has 1 unspecified atom stereocenters. The van der Waals surface area contributed by atoms with Crippen LogP contribution < -0.4 is 19.9 Å². The molecule has 0 aliphatic rings. The largest absolute Gasteiger partial charge is 0.495 e. The van der Waals surface area contributed by atoms with Gasteiger partial charge in [0.15, 0.2) is 4.90 Å². The molecule has 1 aromatic rings. The summed E-state index contributed by atoms with van der Waals surface area (Å²) in [5.41, 5.74) is 5.59. The molecular weight excluding hydrogens is 304 g/mol. The number of hydrogen-bond acceptors (Lipinski definition) is 5. The Balaban J connectivity index is 0.00000361. The first-order chi connectivity index (χ1) is 8.92. The molecule has 0 aromatic heterocycles. The normalized spacial score (nSPS) is 12.4. The number of methoxy groups -OCH3 is 2. The number of nitrogens with two attached hydrogens (primary N) is 1. The van der Waals surface area contributed by atoms with E-state index in [2.05, 4.69) is 4.72 Å². The number of nitrogens with one attached hydrogen (secondary N) is 1. The predicted molar refractivity (Wildman–Crippen MR) is 80.2 cm³/mol. The zero-order valence-corrected chi connectivity index (χ0v) is 13.4. The van der Waals surface area contributed by atoms with Gasteiger partial charge in [0, 0.05) is 12.6 Å². The van der Waals surface area contributed by atoms with E-state index in [1.165, 1.54) is 14.2 Å². The highest BCUT2D eigenvalue weighted by molar-refractivity contribution is 7.89. The molecule has 0 aliphatic carbocycles. The lowest BCUT2D eigenvalue weighted by Crippen LogP contribution is -2.29. The summed E-state index contributed by atoms with van der Waals surface area (Å²) in [7, 11) is -0.872. The van der Waals surface area contributed by atoms with Crippen molar-refractivity contribution in [2.45, 2.75) is 24.3 Å². The molecule has 0 amide bonds. The quantitative estimate of drug-likeness (QED) is 0.785. The number of hydrogen-bond donors (Lipinski definition) is 2. The summed E-state index contributed by atoms with van der Waals surface area (Å²) in [6.07, 6.45) is 0.552. The molecule has 20 heavy (non-hydrogen) atoms. The van der Waals surface area contributed by atoms with Crippen LogP contribution in [0.15, 0.2) is 23.1 Å². The molecule has 1 aromatic carbocycles. The first-order valence-electron chi connectivity index (χ1n) is 5.88. The van der Waals surface area contributed by atoms with E-state index in [9.17, 15) is 8.42 Å². The molecule has 3 N–H and O–H groups in total. The van der Waals surface area contributed by atoms with E-state index in [0.717, 1.165) is 0 Å². The summed E-state index contributed by atoms with van der Waals surface area (Å²) in [5.74, 6) is 0.486. The van der Waals surface area contributed by atoms with Gasteiger partial charge in [-0.25, -0.2) is 13.1 Å². The van der Waals surface area contributed by atoms with Gasteiger partial charge in [-0.05, 0) is 25.5 Å². The van der Waals surface area contributed by atoms with Gasteiger partial charge in [-0.3, -0.25) is 0 Å². The van der Waals surface area contributed by atoms with Crippen molar-refractivity contribution in [2.75, 3.05) is 20.8 Å². The Morgan fingerprint density at radius 1 is 1.25 bits per heavy atom. The van der Waals surface area contributed by atoms with Crippen LogP contribution in [0.5, 0.6) is 11.5 Å². The Labute approximate surface area is 126 Å². The van der Waals surface area contributed by atoms with E-state index >= 15 is 0 Å². The van der Waals surface area contributed by atoms with E-state index in [1.807, 2.05) is 6.92 Å². The maximum atomic E-state index is 12.3. The average Bonchev–Trinajstić information content (AvgIpc) is 2.36. The van der Waals surface area contributed by atoms with Crippen molar-refractivity contribution in [1.82, 2.24) is 4.72 Å². The summed E-state index contributed by atoms with van der Waals surface area (Å²) in [4.78, 5) is 0.00433. The summed E-state index contributed by atoms with van der Waals surface area (Å²) in [6.45, 7) is 2.08. The third-order valence-corrected chi connectivity index (χ3v) is 4.07. The van der Waals surface area contributed by atoms with Gasteiger partial charge in [0.05, 0.1) is 14.2 Å². The summed E-state index contributed by atoms with van der Waals surface area (Å²) in [5, 5.41) is 0. The highest BCUT2D eigenvalue weighted by atomic mass is 35.5. The van der Waals surface area contributed by atoms with Gasteiger partial charge in [0.25, 0.3) is 0 Å². The number of ether oxygens (including phenoxy) is 2. The van der Waals surface area contributed by atoms with Crippen molar-refractivity contribution in [3.63, 3.8) is 0 Å². The predicted octanol–water partition coefficient (Wildman–Crippen LogP) is 1.14. The second kappa shape index (κ2) is 8.31. The van der Waals surface area contributed by atoms with Crippen molar-refractivity contribution < 1.29 is 17.9 Å². The van der Waals surface area contributed by atoms with Crippen LogP contribution in [0.1, 0.15) is 13.3 Å². The van der Waals surface area contributed by atoms with E-state index in [0.29, 0.717) is 6.42 Å². The van der Waals surface area contributed by atoms with Crippen LogP contribution in [0.4, 0.5) is 0 Å². The van der Waals surface area contributed by atoms with Crippen LogP contribution in [-0.4, -0.2) is 35.2 Å². The maximum Gasteiger partial charge on any atom is 0.247 e. The third-order valence-electron chi connectivity index (χ3n) is 2.54. The van der Waals surface area contributed by atoms with Gasteiger partial charge >= 0.3 is 0 Å². The van der Waals surface area contributed by atoms with E-state index < -0.39 is 10.0 Å². The second-order valence-corrected chi connectivity index (χ2v) is 5.86. The first-order valence-corrected chi connectivity index (χ1v) is 7.37. The molecule has 0 fully saturated rings. The fourth-order valence-electron chi connectivity index (χ4n) is 1.58. The Bertz CT molecular complexity index is 498. The molecule has 0 aliphatic heterocycles. The summed E-state index contributed by atoms with van der Waals surface area (Å²) < 4.78 is 37.2. The minimum Gasteiger partial charge on any atom is -0.495 e. The molecule has 8 heteroatoms. The molecular formula is C12H21ClN2O4S. The van der Waals surface area contributed by atoms with Crippen LogP contribution in [0, 0.1) is 0 Å². The highest BCUT2D eigenvalue weighted by Gasteiger charge is 2.24. The zero-order valence-electron chi connectivity index (χ0n) is 11.8. The lowest BCUT2D eigenvalue weighted by Gasteiger charge is -2.14. The lowest BCUT2D eigenvalue weighted by atomic mass is 10.3.